The minimum atomic E-state index is -0.346. The molecule has 28 heavy (non-hydrogen) atoms. The van der Waals surface area contributed by atoms with Crippen LogP contribution in [0.5, 0.6) is 11.5 Å². The van der Waals surface area contributed by atoms with Crippen LogP contribution >= 0.6 is 0 Å². The minimum Gasteiger partial charge on any atom is -0.493 e. The lowest BCUT2D eigenvalue weighted by Crippen LogP contribution is -2.03. The van der Waals surface area contributed by atoms with E-state index in [1.807, 2.05) is 43.3 Å². The quantitative estimate of drug-likeness (QED) is 0.398. The van der Waals surface area contributed by atoms with Crippen LogP contribution in [-0.2, 0) is 0 Å². The van der Waals surface area contributed by atoms with Crippen LogP contribution in [0.4, 0.5) is 0 Å². The Bertz CT molecular complexity index is 1160. The van der Waals surface area contributed by atoms with Crippen molar-refractivity contribution >= 4 is 22.8 Å². The first-order valence-corrected chi connectivity index (χ1v) is 8.50. The Balaban J connectivity index is 2.00. The largest absolute Gasteiger partial charge is 0.493 e. The number of nitrogens with one attached hydrogen (secondary N) is 1. The maximum atomic E-state index is 13.0. The van der Waals surface area contributed by atoms with Crippen LogP contribution in [0.1, 0.15) is 21.6 Å². The van der Waals surface area contributed by atoms with Crippen LogP contribution in [-0.4, -0.2) is 24.5 Å². The predicted molar refractivity (Wildman–Crippen MR) is 105 cm³/mol. The van der Waals surface area contributed by atoms with Gasteiger partial charge in [0.15, 0.2) is 18.1 Å². The van der Waals surface area contributed by atoms with Gasteiger partial charge in [-0.1, -0.05) is 24.3 Å². The molecular formula is C22H17N3O3. The zero-order valence-electron chi connectivity index (χ0n) is 15.4. The van der Waals surface area contributed by atoms with Gasteiger partial charge in [-0.05, 0) is 36.8 Å². The third-order valence-corrected chi connectivity index (χ3v) is 4.28. The fraction of sp³-hybridized carbons (Fsp3) is 0.136. The molecule has 2 aromatic carbocycles. The van der Waals surface area contributed by atoms with E-state index in [2.05, 4.69) is 4.98 Å². The second-order valence-corrected chi connectivity index (χ2v) is 6.03. The summed E-state index contributed by atoms with van der Waals surface area (Å²) in [6.07, 6.45) is 1.51. The van der Waals surface area contributed by atoms with E-state index in [0.717, 1.165) is 10.9 Å². The molecule has 1 aromatic heterocycles. The second-order valence-electron chi connectivity index (χ2n) is 6.03. The van der Waals surface area contributed by atoms with Crippen LogP contribution in [0.3, 0.4) is 0 Å². The lowest BCUT2D eigenvalue weighted by Gasteiger charge is -2.09. The van der Waals surface area contributed by atoms with E-state index >= 15 is 0 Å². The molecule has 6 nitrogen and oxygen atoms in total. The molecule has 0 aliphatic heterocycles. The van der Waals surface area contributed by atoms with Crippen molar-refractivity contribution < 1.29 is 14.3 Å². The first-order chi connectivity index (χ1) is 13.6. The zero-order valence-corrected chi connectivity index (χ0v) is 15.4. The summed E-state index contributed by atoms with van der Waals surface area (Å²) in [7, 11) is 1.48. The van der Waals surface area contributed by atoms with Crippen LogP contribution in [0.25, 0.3) is 17.0 Å². The van der Waals surface area contributed by atoms with E-state index in [9.17, 15) is 10.1 Å². The number of aryl methyl sites for hydroxylation is 1. The number of nitriles is 2. The van der Waals surface area contributed by atoms with Crippen LogP contribution in [0.2, 0.25) is 0 Å². The van der Waals surface area contributed by atoms with Crippen LogP contribution in [0, 0.1) is 29.6 Å². The number of para-hydroxylation sites is 1. The molecule has 3 aromatic rings. The lowest BCUT2D eigenvalue weighted by molar-refractivity contribution is 0.104. The standard InChI is InChI=1S/C22H17N3O3/c1-14-21(17-5-3-4-6-18(17)25-14)22(26)16(13-24)11-15-7-8-19(28-10-9-23)20(12-15)27-2/h3-8,11-12,25H,10H2,1-2H3/b16-11-. The third-order valence-electron chi connectivity index (χ3n) is 4.28. The molecule has 0 aliphatic carbocycles. The molecule has 6 heteroatoms. The number of fused-ring (bicyclic) bond motifs is 1. The van der Waals surface area contributed by atoms with Gasteiger partial charge >= 0.3 is 0 Å². The van der Waals surface area contributed by atoms with Crippen molar-refractivity contribution in [1.29, 1.82) is 10.5 Å². The Morgan fingerprint density at radius 1 is 1.18 bits per heavy atom. The summed E-state index contributed by atoms with van der Waals surface area (Å²) in [5.74, 6) is 0.483. The number of hydrogen-bond donors (Lipinski definition) is 1. The molecule has 0 spiro atoms. The third kappa shape index (κ3) is 3.58. The van der Waals surface area contributed by atoms with E-state index in [-0.39, 0.29) is 18.0 Å². The highest BCUT2D eigenvalue weighted by atomic mass is 16.5. The molecule has 3 rings (SSSR count). The summed E-state index contributed by atoms with van der Waals surface area (Å²) in [5.41, 5.74) is 2.68. The van der Waals surface area contributed by atoms with Gasteiger partial charge in [0.1, 0.15) is 17.7 Å². The van der Waals surface area contributed by atoms with Crippen molar-refractivity contribution in [3.63, 3.8) is 0 Å². The topological polar surface area (TPSA) is 98.9 Å². The SMILES string of the molecule is COc1cc(/C=C(/C#N)C(=O)c2c(C)[nH]c3ccccc23)ccc1OCC#N. The van der Waals surface area contributed by atoms with E-state index in [1.54, 1.807) is 18.2 Å². The summed E-state index contributed by atoms with van der Waals surface area (Å²) in [5, 5.41) is 19.0. The second kappa shape index (κ2) is 8.11. The van der Waals surface area contributed by atoms with Crippen LogP contribution in [0.15, 0.2) is 48.0 Å². The number of ether oxygens (including phenoxy) is 2. The van der Waals surface area contributed by atoms with Gasteiger partial charge in [0.05, 0.1) is 12.7 Å². The van der Waals surface area contributed by atoms with Gasteiger partial charge in [-0.15, -0.1) is 0 Å². The Labute approximate surface area is 162 Å². The maximum absolute atomic E-state index is 13.0. The number of ketones is 1. The average Bonchev–Trinajstić information content (AvgIpc) is 3.05. The fourth-order valence-electron chi connectivity index (χ4n) is 3.02. The maximum Gasteiger partial charge on any atom is 0.205 e. The molecule has 0 saturated heterocycles. The Morgan fingerprint density at radius 2 is 1.96 bits per heavy atom. The summed E-state index contributed by atoms with van der Waals surface area (Å²) in [6, 6.07) is 16.4. The number of H-pyrrole nitrogens is 1. The molecular weight excluding hydrogens is 354 g/mol. The number of carbonyl (C=O) groups is 1. The monoisotopic (exact) mass is 371 g/mol. The molecule has 0 atom stereocenters. The minimum absolute atomic E-state index is 0.0144. The highest BCUT2D eigenvalue weighted by Crippen LogP contribution is 2.30. The van der Waals surface area contributed by atoms with Crippen molar-refractivity contribution in [3.8, 4) is 23.6 Å². The molecule has 138 valence electrons. The average molecular weight is 371 g/mol. The van der Waals surface area contributed by atoms with Crippen molar-refractivity contribution in [2.45, 2.75) is 6.92 Å². The number of benzene rings is 2. The van der Waals surface area contributed by atoms with E-state index in [1.165, 1.54) is 13.2 Å². The lowest BCUT2D eigenvalue weighted by atomic mass is 9.99. The molecule has 1 N–H and O–H groups in total. The number of aromatic amines is 1. The number of hydrogen-bond acceptors (Lipinski definition) is 5. The highest BCUT2D eigenvalue weighted by Gasteiger charge is 2.20. The van der Waals surface area contributed by atoms with E-state index in [0.29, 0.717) is 28.3 Å². The number of rotatable bonds is 6. The van der Waals surface area contributed by atoms with E-state index in [4.69, 9.17) is 14.7 Å². The Morgan fingerprint density at radius 3 is 2.68 bits per heavy atom. The Kier molecular flexibility index (Phi) is 5.43. The summed E-state index contributed by atoms with van der Waals surface area (Å²) < 4.78 is 10.6. The van der Waals surface area contributed by atoms with Gasteiger partial charge < -0.3 is 14.5 Å². The fourth-order valence-corrected chi connectivity index (χ4v) is 3.02. The van der Waals surface area contributed by atoms with Gasteiger partial charge in [0.25, 0.3) is 0 Å². The number of allylic oxidation sites excluding steroid dienone is 1. The summed E-state index contributed by atoms with van der Waals surface area (Å²) in [4.78, 5) is 16.2. The smallest absolute Gasteiger partial charge is 0.205 e. The van der Waals surface area contributed by atoms with Crippen molar-refractivity contribution in [2.24, 2.45) is 0 Å². The van der Waals surface area contributed by atoms with Gasteiger partial charge in [-0.25, -0.2) is 0 Å². The number of carbonyl (C=O) groups excluding carboxylic acids is 1. The molecule has 1 heterocycles. The molecule has 0 saturated carbocycles. The highest BCUT2D eigenvalue weighted by molar-refractivity contribution is 6.20. The van der Waals surface area contributed by atoms with Gasteiger partial charge in [0, 0.05) is 16.6 Å². The molecule has 0 radical (unpaired) electrons. The van der Waals surface area contributed by atoms with Crippen LogP contribution < -0.4 is 9.47 Å². The summed E-state index contributed by atoms with van der Waals surface area (Å²) in [6.45, 7) is 1.71. The zero-order chi connectivity index (χ0) is 20.1. The van der Waals surface area contributed by atoms with Gasteiger partial charge in [-0.2, -0.15) is 10.5 Å². The normalized spacial score (nSPS) is 10.9. The molecule has 0 unspecified atom stereocenters. The van der Waals surface area contributed by atoms with Crippen molar-refractivity contribution in [1.82, 2.24) is 4.98 Å². The number of Topliss-reactive ketones (excluding diaryl/α,β-unsaturated/α-hetero) is 1. The molecule has 0 bridgehead atoms. The van der Waals surface area contributed by atoms with E-state index < -0.39 is 0 Å². The molecule has 0 fully saturated rings. The first kappa shape index (κ1) is 18.8. The van der Waals surface area contributed by atoms with Crippen molar-refractivity contribution in [3.05, 3.63) is 64.9 Å². The van der Waals surface area contributed by atoms with Crippen molar-refractivity contribution in [2.75, 3.05) is 13.7 Å². The van der Waals surface area contributed by atoms with Gasteiger partial charge in [-0.3, -0.25) is 4.79 Å². The number of aromatic nitrogens is 1. The first-order valence-electron chi connectivity index (χ1n) is 8.50. The Hall–Kier alpha value is -4.03. The van der Waals surface area contributed by atoms with Gasteiger partial charge in [0.2, 0.25) is 5.78 Å². The number of methoxy groups -OCH3 is 1. The summed E-state index contributed by atoms with van der Waals surface area (Å²) >= 11 is 0. The molecule has 0 aliphatic rings. The molecule has 0 amide bonds. The number of nitrogens with zero attached hydrogens (tertiary/aromatic N) is 2. The predicted octanol–water partition coefficient (Wildman–Crippen LogP) is 4.18.